The molecule has 0 unspecified atom stereocenters. The molecule has 144 valence electrons. The number of amides is 1. The number of hydrogen-bond acceptors (Lipinski definition) is 3. The van der Waals surface area contributed by atoms with Gasteiger partial charge in [0.05, 0.1) is 6.54 Å². The van der Waals surface area contributed by atoms with Gasteiger partial charge in [-0.15, -0.1) is 0 Å². The van der Waals surface area contributed by atoms with E-state index >= 15 is 0 Å². The first-order valence-electron chi connectivity index (χ1n) is 9.47. The number of nitrogens with zero attached hydrogens (tertiary/aromatic N) is 2. The molecule has 1 saturated heterocycles. The number of benzene rings is 1. The fraction of sp³-hybridized carbons (Fsp3) is 0.579. The number of carbonyl (C=O) groups excluding carboxylic acids is 1. The summed E-state index contributed by atoms with van der Waals surface area (Å²) in [5, 5.41) is 9.44. The van der Waals surface area contributed by atoms with Gasteiger partial charge >= 0.3 is 0 Å². The van der Waals surface area contributed by atoms with E-state index in [1.165, 1.54) is 32.4 Å². The zero-order valence-electron chi connectivity index (χ0n) is 15.6. The van der Waals surface area contributed by atoms with Crippen LogP contribution in [-0.4, -0.2) is 62.6 Å². The van der Waals surface area contributed by atoms with Crippen LogP contribution in [0, 0.1) is 0 Å². The van der Waals surface area contributed by atoms with Crippen LogP contribution < -0.4 is 16.0 Å². The molecule has 1 aromatic rings. The molecule has 1 aliphatic rings. The van der Waals surface area contributed by atoms with Gasteiger partial charge < -0.3 is 20.9 Å². The van der Waals surface area contributed by atoms with Crippen LogP contribution in [0.5, 0.6) is 0 Å². The Morgan fingerprint density at radius 3 is 2.65 bits per heavy atom. The Labute approximate surface area is 165 Å². The highest BCUT2D eigenvalue weighted by Crippen LogP contribution is 2.11. The van der Waals surface area contributed by atoms with Gasteiger partial charge in [-0.3, -0.25) is 9.79 Å². The molecule has 0 radical (unpaired) electrons. The standard InChI is InChI=1S/C19H30BrN5O/c1-2-21-19(24-11-14-25-12-4-3-5-13-25)23-10-9-22-18(26)16-7-6-8-17(20)15-16/h6-8,15H,2-5,9-14H2,1H3,(H,22,26)(H2,21,23,24). The van der Waals surface area contributed by atoms with Gasteiger partial charge in [0.25, 0.3) is 5.91 Å². The van der Waals surface area contributed by atoms with E-state index in [4.69, 9.17) is 0 Å². The van der Waals surface area contributed by atoms with Crippen LogP contribution in [0.3, 0.4) is 0 Å². The van der Waals surface area contributed by atoms with Crippen molar-refractivity contribution in [3.05, 3.63) is 34.3 Å². The van der Waals surface area contributed by atoms with E-state index in [1.54, 1.807) is 6.07 Å². The van der Waals surface area contributed by atoms with Crippen molar-refractivity contribution in [1.29, 1.82) is 0 Å². The van der Waals surface area contributed by atoms with Crippen molar-refractivity contribution in [3.63, 3.8) is 0 Å². The molecule has 1 aromatic carbocycles. The molecular formula is C19H30BrN5O. The second-order valence-corrected chi connectivity index (χ2v) is 7.27. The lowest BCUT2D eigenvalue weighted by Crippen LogP contribution is -2.42. The van der Waals surface area contributed by atoms with Gasteiger partial charge in [0.15, 0.2) is 5.96 Å². The van der Waals surface area contributed by atoms with Gasteiger partial charge in [-0.05, 0) is 51.1 Å². The van der Waals surface area contributed by atoms with Crippen molar-refractivity contribution in [2.24, 2.45) is 4.99 Å². The number of halogens is 1. The van der Waals surface area contributed by atoms with Gasteiger partial charge in [0.1, 0.15) is 0 Å². The summed E-state index contributed by atoms with van der Waals surface area (Å²) in [5.41, 5.74) is 0.654. The maximum absolute atomic E-state index is 12.1. The number of guanidine groups is 1. The summed E-state index contributed by atoms with van der Waals surface area (Å²) >= 11 is 3.38. The second kappa shape index (κ2) is 11.9. The number of likely N-dealkylation sites (tertiary alicyclic amines) is 1. The molecule has 0 bridgehead atoms. The summed E-state index contributed by atoms with van der Waals surface area (Å²) < 4.78 is 0.901. The van der Waals surface area contributed by atoms with Gasteiger partial charge in [-0.25, -0.2) is 0 Å². The van der Waals surface area contributed by atoms with Crippen LogP contribution in [0.4, 0.5) is 0 Å². The van der Waals surface area contributed by atoms with Crippen LogP contribution in [0.1, 0.15) is 36.5 Å². The average Bonchev–Trinajstić information content (AvgIpc) is 2.66. The van der Waals surface area contributed by atoms with Crippen molar-refractivity contribution >= 4 is 27.8 Å². The highest BCUT2D eigenvalue weighted by Gasteiger charge is 2.09. The number of carbonyl (C=O) groups is 1. The largest absolute Gasteiger partial charge is 0.357 e. The lowest BCUT2D eigenvalue weighted by molar-refractivity contribution is 0.0954. The Morgan fingerprint density at radius 1 is 1.15 bits per heavy atom. The minimum atomic E-state index is -0.0693. The second-order valence-electron chi connectivity index (χ2n) is 6.36. The van der Waals surface area contributed by atoms with E-state index in [0.717, 1.165) is 30.1 Å². The minimum Gasteiger partial charge on any atom is -0.357 e. The topological polar surface area (TPSA) is 68.8 Å². The van der Waals surface area contributed by atoms with Crippen LogP contribution >= 0.6 is 15.9 Å². The molecule has 0 atom stereocenters. The molecule has 1 fully saturated rings. The molecule has 3 N–H and O–H groups in total. The number of piperidine rings is 1. The van der Waals surface area contributed by atoms with Crippen molar-refractivity contribution in [2.75, 3.05) is 45.8 Å². The fourth-order valence-electron chi connectivity index (χ4n) is 2.92. The van der Waals surface area contributed by atoms with E-state index in [0.29, 0.717) is 18.7 Å². The first-order chi connectivity index (χ1) is 12.7. The number of nitrogens with one attached hydrogen (secondary N) is 3. The van der Waals surface area contributed by atoms with Crippen LogP contribution in [0.2, 0.25) is 0 Å². The van der Waals surface area contributed by atoms with E-state index < -0.39 is 0 Å². The fourth-order valence-corrected chi connectivity index (χ4v) is 3.32. The summed E-state index contributed by atoms with van der Waals surface area (Å²) in [5.74, 6) is 0.737. The first-order valence-corrected chi connectivity index (χ1v) is 10.3. The maximum Gasteiger partial charge on any atom is 0.251 e. The highest BCUT2D eigenvalue weighted by molar-refractivity contribution is 9.10. The smallest absolute Gasteiger partial charge is 0.251 e. The van der Waals surface area contributed by atoms with Crippen molar-refractivity contribution in [2.45, 2.75) is 26.2 Å². The molecule has 1 amide bonds. The number of rotatable bonds is 8. The summed E-state index contributed by atoms with van der Waals surface area (Å²) in [4.78, 5) is 19.2. The zero-order valence-corrected chi connectivity index (χ0v) is 17.1. The van der Waals surface area contributed by atoms with Crippen molar-refractivity contribution < 1.29 is 4.79 Å². The Hall–Kier alpha value is -1.60. The molecule has 6 nitrogen and oxygen atoms in total. The minimum absolute atomic E-state index is 0.0693. The van der Waals surface area contributed by atoms with Gasteiger partial charge in [0.2, 0.25) is 0 Å². The maximum atomic E-state index is 12.1. The molecule has 7 heteroatoms. The van der Waals surface area contributed by atoms with E-state index in [-0.39, 0.29) is 5.91 Å². The summed E-state index contributed by atoms with van der Waals surface area (Å²) in [6.07, 6.45) is 3.97. The lowest BCUT2D eigenvalue weighted by atomic mass is 10.1. The Balaban J connectivity index is 1.68. The highest BCUT2D eigenvalue weighted by atomic mass is 79.9. The molecule has 26 heavy (non-hydrogen) atoms. The molecular weight excluding hydrogens is 394 g/mol. The summed E-state index contributed by atoms with van der Waals surface area (Å²) in [6, 6.07) is 7.38. The van der Waals surface area contributed by atoms with Crippen molar-refractivity contribution in [3.8, 4) is 0 Å². The third-order valence-electron chi connectivity index (χ3n) is 4.27. The molecule has 1 aliphatic heterocycles. The van der Waals surface area contributed by atoms with Gasteiger partial charge in [-0.1, -0.05) is 28.4 Å². The Bertz CT molecular complexity index is 587. The molecule has 0 aliphatic carbocycles. The van der Waals surface area contributed by atoms with E-state index in [9.17, 15) is 4.79 Å². The Kier molecular flexibility index (Phi) is 9.48. The lowest BCUT2D eigenvalue weighted by Gasteiger charge is -2.25. The predicted molar refractivity (Wildman–Crippen MR) is 111 cm³/mol. The Morgan fingerprint density at radius 2 is 1.92 bits per heavy atom. The number of aliphatic imine (C=N–C) groups is 1. The average molecular weight is 424 g/mol. The van der Waals surface area contributed by atoms with Crippen LogP contribution in [-0.2, 0) is 0 Å². The molecule has 0 aromatic heterocycles. The van der Waals surface area contributed by atoms with Crippen LogP contribution in [0.15, 0.2) is 33.7 Å². The van der Waals surface area contributed by atoms with Gasteiger partial charge in [0, 0.05) is 36.2 Å². The van der Waals surface area contributed by atoms with Crippen LogP contribution in [0.25, 0.3) is 0 Å². The first kappa shape index (κ1) is 20.7. The quantitative estimate of drug-likeness (QED) is 0.340. The third kappa shape index (κ3) is 7.74. The summed E-state index contributed by atoms with van der Waals surface area (Å²) in [7, 11) is 0. The van der Waals surface area contributed by atoms with E-state index in [1.807, 2.05) is 18.2 Å². The molecule has 2 rings (SSSR count). The normalized spacial score (nSPS) is 15.5. The third-order valence-corrected chi connectivity index (χ3v) is 4.76. The molecule has 0 spiro atoms. The molecule has 0 saturated carbocycles. The predicted octanol–water partition coefficient (Wildman–Crippen LogP) is 2.22. The zero-order chi connectivity index (χ0) is 18.6. The number of hydrogen-bond donors (Lipinski definition) is 3. The van der Waals surface area contributed by atoms with Crippen molar-refractivity contribution in [1.82, 2.24) is 20.9 Å². The monoisotopic (exact) mass is 423 g/mol. The molecule has 1 heterocycles. The SMILES string of the molecule is CCNC(=NCCN1CCCCC1)NCCNC(=O)c1cccc(Br)c1. The van der Waals surface area contributed by atoms with E-state index in [2.05, 4.69) is 48.7 Å². The van der Waals surface area contributed by atoms with Gasteiger partial charge in [-0.2, -0.15) is 0 Å². The summed E-state index contributed by atoms with van der Waals surface area (Å²) in [6.45, 7) is 8.24.